The summed E-state index contributed by atoms with van der Waals surface area (Å²) in [5.41, 5.74) is 1.09. The number of nitrogens with zero attached hydrogens (tertiary/aromatic N) is 5. The second kappa shape index (κ2) is 6.07. The molecule has 0 amide bonds. The minimum absolute atomic E-state index is 0.160. The molecule has 2 aromatic heterocycles. The van der Waals surface area contributed by atoms with Crippen LogP contribution >= 0.6 is 11.6 Å². The van der Waals surface area contributed by atoms with Crippen LogP contribution in [0.2, 0.25) is 5.02 Å². The number of aliphatic hydroxyl groups is 1. The fraction of sp³-hybridized carbons (Fsp3) is 0.438. The van der Waals surface area contributed by atoms with Crippen LogP contribution in [-0.2, 0) is 6.54 Å². The summed E-state index contributed by atoms with van der Waals surface area (Å²) in [5.74, 6) is 1.57. The molecule has 126 valence electrons. The molecule has 0 saturated carbocycles. The summed E-state index contributed by atoms with van der Waals surface area (Å²) < 4.78 is 5.13. The molecular weight excluding hydrogens is 330 g/mol. The molecule has 0 bridgehead atoms. The molecule has 2 atom stereocenters. The standard InChI is InChI=1S/C16H18ClN5O2/c1-24-16-19-6-13(17)15(20-16)21-7-10-3-2-4-18-14(10)22-9-12(23)5-11(22)8-21/h2-4,6,11-12,23H,5,7-9H2,1H3/t11-,12+/m0/s1. The van der Waals surface area contributed by atoms with Crippen LogP contribution in [-0.4, -0.2) is 52.4 Å². The van der Waals surface area contributed by atoms with E-state index in [-0.39, 0.29) is 18.2 Å². The van der Waals surface area contributed by atoms with Gasteiger partial charge in [-0.25, -0.2) is 9.97 Å². The van der Waals surface area contributed by atoms with E-state index >= 15 is 0 Å². The van der Waals surface area contributed by atoms with Crippen LogP contribution in [0.4, 0.5) is 11.6 Å². The Bertz CT molecular complexity index is 759. The predicted molar refractivity (Wildman–Crippen MR) is 90.6 cm³/mol. The van der Waals surface area contributed by atoms with Gasteiger partial charge in [-0.05, 0) is 12.5 Å². The van der Waals surface area contributed by atoms with E-state index in [9.17, 15) is 5.11 Å². The molecule has 8 heteroatoms. The van der Waals surface area contributed by atoms with Gasteiger partial charge in [0.1, 0.15) is 10.8 Å². The predicted octanol–water partition coefficient (Wildman–Crippen LogP) is 1.49. The number of methoxy groups -OCH3 is 1. The van der Waals surface area contributed by atoms with Crippen molar-refractivity contribution in [1.29, 1.82) is 0 Å². The Morgan fingerprint density at radius 1 is 1.29 bits per heavy atom. The molecule has 1 fully saturated rings. The van der Waals surface area contributed by atoms with Crippen LogP contribution in [0.5, 0.6) is 6.01 Å². The lowest BCUT2D eigenvalue weighted by molar-refractivity contribution is 0.194. The molecular formula is C16H18ClN5O2. The first kappa shape index (κ1) is 15.4. The van der Waals surface area contributed by atoms with Crippen molar-refractivity contribution in [3.05, 3.63) is 35.1 Å². The van der Waals surface area contributed by atoms with E-state index in [1.54, 1.807) is 12.4 Å². The second-order valence-corrected chi connectivity index (χ2v) is 6.50. The Morgan fingerprint density at radius 3 is 3.00 bits per heavy atom. The number of hydrogen-bond acceptors (Lipinski definition) is 7. The molecule has 1 N–H and O–H groups in total. The van der Waals surface area contributed by atoms with Crippen LogP contribution in [0.1, 0.15) is 12.0 Å². The first-order valence-corrected chi connectivity index (χ1v) is 8.23. The van der Waals surface area contributed by atoms with E-state index in [1.807, 2.05) is 6.07 Å². The van der Waals surface area contributed by atoms with E-state index in [1.165, 1.54) is 7.11 Å². The first-order chi connectivity index (χ1) is 11.7. The smallest absolute Gasteiger partial charge is 0.318 e. The fourth-order valence-electron chi connectivity index (χ4n) is 3.49. The average molecular weight is 348 g/mol. The molecule has 24 heavy (non-hydrogen) atoms. The summed E-state index contributed by atoms with van der Waals surface area (Å²) in [5, 5.41) is 10.6. The van der Waals surface area contributed by atoms with E-state index < -0.39 is 0 Å². The summed E-state index contributed by atoms with van der Waals surface area (Å²) in [6.07, 6.45) is 3.70. The topological polar surface area (TPSA) is 74.6 Å². The SMILES string of the molecule is COc1ncc(Cl)c(N2Cc3cccnc3N3C[C@H](O)C[C@H]3C2)n1. The second-order valence-electron chi connectivity index (χ2n) is 6.09. The summed E-state index contributed by atoms with van der Waals surface area (Å²) in [7, 11) is 1.53. The normalized spacial score (nSPS) is 22.8. The third-order valence-corrected chi connectivity index (χ3v) is 4.78. The lowest BCUT2D eigenvalue weighted by atomic mass is 10.2. The Morgan fingerprint density at radius 2 is 2.17 bits per heavy atom. The Kier molecular flexibility index (Phi) is 3.90. The molecule has 0 aromatic carbocycles. The zero-order chi connectivity index (χ0) is 16.7. The molecule has 0 spiro atoms. The molecule has 2 aliphatic heterocycles. The van der Waals surface area contributed by atoms with Crippen molar-refractivity contribution in [1.82, 2.24) is 15.0 Å². The molecule has 4 rings (SSSR count). The van der Waals surface area contributed by atoms with Gasteiger partial charge in [-0.1, -0.05) is 17.7 Å². The van der Waals surface area contributed by atoms with Gasteiger partial charge < -0.3 is 19.6 Å². The molecule has 0 radical (unpaired) electrons. The number of hydrogen-bond donors (Lipinski definition) is 1. The van der Waals surface area contributed by atoms with Crippen molar-refractivity contribution < 1.29 is 9.84 Å². The quantitative estimate of drug-likeness (QED) is 0.882. The number of pyridine rings is 1. The minimum atomic E-state index is -0.347. The highest BCUT2D eigenvalue weighted by Gasteiger charge is 2.37. The summed E-state index contributed by atoms with van der Waals surface area (Å²) >= 11 is 6.34. The van der Waals surface area contributed by atoms with Crippen molar-refractivity contribution in [2.75, 3.05) is 30.0 Å². The van der Waals surface area contributed by atoms with E-state index in [4.69, 9.17) is 16.3 Å². The van der Waals surface area contributed by atoms with Crippen molar-refractivity contribution in [2.45, 2.75) is 25.1 Å². The zero-order valence-corrected chi connectivity index (χ0v) is 14.0. The molecule has 1 saturated heterocycles. The van der Waals surface area contributed by atoms with Gasteiger partial charge in [0.05, 0.1) is 25.5 Å². The number of rotatable bonds is 2. The number of fused-ring (bicyclic) bond motifs is 3. The van der Waals surface area contributed by atoms with Gasteiger partial charge >= 0.3 is 6.01 Å². The molecule has 7 nitrogen and oxygen atoms in total. The minimum Gasteiger partial charge on any atom is -0.467 e. The van der Waals surface area contributed by atoms with Gasteiger partial charge in [-0.3, -0.25) is 0 Å². The Hall–Kier alpha value is -2.12. The zero-order valence-electron chi connectivity index (χ0n) is 13.3. The van der Waals surface area contributed by atoms with Crippen molar-refractivity contribution in [3.8, 4) is 6.01 Å². The van der Waals surface area contributed by atoms with E-state index in [0.29, 0.717) is 36.9 Å². The van der Waals surface area contributed by atoms with Crippen LogP contribution in [0.25, 0.3) is 0 Å². The van der Waals surface area contributed by atoms with Crippen molar-refractivity contribution in [3.63, 3.8) is 0 Å². The van der Waals surface area contributed by atoms with E-state index in [2.05, 4.69) is 30.8 Å². The van der Waals surface area contributed by atoms with Crippen LogP contribution in [0.3, 0.4) is 0 Å². The number of halogens is 1. The highest BCUT2D eigenvalue weighted by Crippen LogP contribution is 2.35. The fourth-order valence-corrected chi connectivity index (χ4v) is 3.70. The maximum Gasteiger partial charge on any atom is 0.318 e. The monoisotopic (exact) mass is 347 g/mol. The van der Waals surface area contributed by atoms with Crippen molar-refractivity contribution >= 4 is 23.2 Å². The third kappa shape index (κ3) is 2.63. The first-order valence-electron chi connectivity index (χ1n) is 7.86. The molecule has 2 aromatic rings. The van der Waals surface area contributed by atoms with Gasteiger partial charge in [0.25, 0.3) is 0 Å². The Balaban J connectivity index is 1.76. The summed E-state index contributed by atoms with van der Waals surface area (Å²) in [6.45, 7) is 1.95. The largest absolute Gasteiger partial charge is 0.467 e. The third-order valence-electron chi connectivity index (χ3n) is 4.51. The lowest BCUT2D eigenvalue weighted by Gasteiger charge is -2.27. The Labute approximate surface area is 144 Å². The highest BCUT2D eigenvalue weighted by molar-refractivity contribution is 6.32. The number of anilines is 2. The molecule has 4 heterocycles. The molecule has 2 aliphatic rings. The summed E-state index contributed by atoms with van der Waals surface area (Å²) in [6, 6.07) is 4.42. The van der Waals surface area contributed by atoms with Crippen LogP contribution < -0.4 is 14.5 Å². The maximum absolute atomic E-state index is 10.1. The number of ether oxygens (including phenoxy) is 1. The van der Waals surface area contributed by atoms with E-state index in [0.717, 1.165) is 11.4 Å². The molecule has 0 unspecified atom stereocenters. The average Bonchev–Trinajstić information content (AvgIpc) is 2.88. The van der Waals surface area contributed by atoms with Gasteiger partial charge in [-0.15, -0.1) is 0 Å². The van der Waals surface area contributed by atoms with Gasteiger partial charge in [0.15, 0.2) is 5.82 Å². The summed E-state index contributed by atoms with van der Waals surface area (Å²) in [4.78, 5) is 17.3. The van der Waals surface area contributed by atoms with Crippen molar-refractivity contribution in [2.24, 2.45) is 0 Å². The van der Waals surface area contributed by atoms with Gasteiger partial charge in [0, 0.05) is 31.4 Å². The van der Waals surface area contributed by atoms with Gasteiger partial charge in [-0.2, -0.15) is 4.98 Å². The van der Waals surface area contributed by atoms with Crippen LogP contribution in [0, 0.1) is 0 Å². The molecule has 0 aliphatic carbocycles. The lowest BCUT2D eigenvalue weighted by Crippen LogP contribution is -2.38. The highest BCUT2D eigenvalue weighted by atomic mass is 35.5. The maximum atomic E-state index is 10.1. The number of aliphatic hydroxyl groups excluding tert-OH is 1. The van der Waals surface area contributed by atoms with Gasteiger partial charge in [0.2, 0.25) is 0 Å². The van der Waals surface area contributed by atoms with Crippen LogP contribution in [0.15, 0.2) is 24.5 Å². The number of aromatic nitrogens is 3.